The Labute approximate surface area is 121 Å². The van der Waals surface area contributed by atoms with Gasteiger partial charge in [0, 0.05) is 20.1 Å². The SMILES string of the molecule is COCCNCC1CC1c1cccc2c1OC(C)(C)C2. The maximum Gasteiger partial charge on any atom is 0.126 e. The van der Waals surface area contributed by atoms with Gasteiger partial charge in [-0.2, -0.15) is 0 Å². The number of nitrogens with one attached hydrogen (secondary N) is 1. The van der Waals surface area contributed by atoms with Gasteiger partial charge in [-0.05, 0) is 49.8 Å². The van der Waals surface area contributed by atoms with Gasteiger partial charge in [0.1, 0.15) is 11.4 Å². The minimum absolute atomic E-state index is 0.0421. The summed E-state index contributed by atoms with van der Waals surface area (Å²) in [7, 11) is 1.74. The second-order valence-corrected chi connectivity index (χ2v) is 6.67. The molecular formula is C17H25NO2. The van der Waals surface area contributed by atoms with E-state index >= 15 is 0 Å². The highest BCUT2D eigenvalue weighted by Crippen LogP contribution is 2.52. The Morgan fingerprint density at radius 1 is 1.40 bits per heavy atom. The molecule has 1 aliphatic carbocycles. The number of rotatable bonds is 6. The van der Waals surface area contributed by atoms with Crippen LogP contribution in [0.3, 0.4) is 0 Å². The van der Waals surface area contributed by atoms with Crippen LogP contribution < -0.4 is 10.1 Å². The zero-order valence-electron chi connectivity index (χ0n) is 12.7. The average Bonchev–Trinajstić information content (AvgIpc) is 3.08. The van der Waals surface area contributed by atoms with Gasteiger partial charge in [0.15, 0.2) is 0 Å². The molecule has 3 nitrogen and oxygen atoms in total. The number of hydrogen-bond donors (Lipinski definition) is 1. The van der Waals surface area contributed by atoms with Gasteiger partial charge >= 0.3 is 0 Å². The predicted molar refractivity (Wildman–Crippen MR) is 80.4 cm³/mol. The molecule has 1 aromatic carbocycles. The smallest absolute Gasteiger partial charge is 0.126 e. The lowest BCUT2D eigenvalue weighted by Crippen LogP contribution is -2.25. The number of para-hydroxylation sites is 1. The first-order valence-corrected chi connectivity index (χ1v) is 7.61. The number of fused-ring (bicyclic) bond motifs is 1. The Balaban J connectivity index is 1.62. The van der Waals surface area contributed by atoms with Crippen LogP contribution in [0.4, 0.5) is 0 Å². The van der Waals surface area contributed by atoms with E-state index < -0.39 is 0 Å². The monoisotopic (exact) mass is 275 g/mol. The minimum atomic E-state index is -0.0421. The van der Waals surface area contributed by atoms with Crippen molar-refractivity contribution >= 4 is 0 Å². The Morgan fingerprint density at radius 2 is 2.25 bits per heavy atom. The molecule has 3 heteroatoms. The van der Waals surface area contributed by atoms with Gasteiger partial charge in [0.2, 0.25) is 0 Å². The minimum Gasteiger partial charge on any atom is -0.487 e. The van der Waals surface area contributed by atoms with E-state index in [-0.39, 0.29) is 5.60 Å². The molecule has 1 aliphatic heterocycles. The van der Waals surface area contributed by atoms with E-state index in [4.69, 9.17) is 9.47 Å². The first kappa shape index (κ1) is 13.9. The van der Waals surface area contributed by atoms with Crippen molar-refractivity contribution < 1.29 is 9.47 Å². The van der Waals surface area contributed by atoms with Gasteiger partial charge < -0.3 is 14.8 Å². The standard InChI is InChI=1S/C17H25NO2/c1-17(2)10-12-5-4-6-14(16(12)20-17)15-9-13(15)11-18-7-8-19-3/h4-6,13,15,18H,7-11H2,1-3H3. The van der Waals surface area contributed by atoms with Gasteiger partial charge in [-0.1, -0.05) is 18.2 Å². The molecule has 0 bridgehead atoms. The third kappa shape index (κ3) is 2.84. The van der Waals surface area contributed by atoms with Gasteiger partial charge in [-0.25, -0.2) is 0 Å². The molecule has 2 aliphatic rings. The third-order valence-electron chi connectivity index (χ3n) is 4.33. The van der Waals surface area contributed by atoms with E-state index in [0.29, 0.717) is 5.92 Å². The largest absolute Gasteiger partial charge is 0.487 e. The van der Waals surface area contributed by atoms with Crippen LogP contribution in [0.5, 0.6) is 5.75 Å². The van der Waals surface area contributed by atoms with Crippen molar-refractivity contribution in [1.82, 2.24) is 5.32 Å². The summed E-state index contributed by atoms with van der Waals surface area (Å²) in [6.07, 6.45) is 2.31. The lowest BCUT2D eigenvalue weighted by atomic mass is 9.99. The highest BCUT2D eigenvalue weighted by molar-refractivity contribution is 5.49. The molecule has 0 radical (unpaired) electrons. The Kier molecular flexibility index (Phi) is 3.74. The predicted octanol–water partition coefficient (Wildman–Crippen LogP) is 2.74. The Hall–Kier alpha value is -1.06. The highest BCUT2D eigenvalue weighted by Gasteiger charge is 2.42. The molecule has 1 fully saturated rings. The lowest BCUT2D eigenvalue weighted by molar-refractivity contribution is 0.137. The van der Waals surface area contributed by atoms with Crippen LogP contribution in [0.1, 0.15) is 37.3 Å². The summed E-state index contributed by atoms with van der Waals surface area (Å²) in [4.78, 5) is 0. The van der Waals surface area contributed by atoms with Crippen molar-refractivity contribution in [3.05, 3.63) is 29.3 Å². The fraction of sp³-hybridized carbons (Fsp3) is 0.647. The molecule has 20 heavy (non-hydrogen) atoms. The van der Waals surface area contributed by atoms with Gasteiger partial charge in [0.25, 0.3) is 0 Å². The average molecular weight is 275 g/mol. The van der Waals surface area contributed by atoms with Crippen LogP contribution in [0.15, 0.2) is 18.2 Å². The maximum absolute atomic E-state index is 6.18. The fourth-order valence-corrected chi connectivity index (χ4v) is 3.25. The van der Waals surface area contributed by atoms with Crippen molar-refractivity contribution in [3.8, 4) is 5.75 Å². The Bertz CT molecular complexity index is 484. The number of methoxy groups -OCH3 is 1. The fourth-order valence-electron chi connectivity index (χ4n) is 3.25. The van der Waals surface area contributed by atoms with Crippen LogP contribution in [0.25, 0.3) is 0 Å². The van der Waals surface area contributed by atoms with E-state index in [1.54, 1.807) is 7.11 Å². The number of ether oxygens (including phenoxy) is 2. The summed E-state index contributed by atoms with van der Waals surface area (Å²) in [6, 6.07) is 6.65. The molecule has 1 heterocycles. The van der Waals surface area contributed by atoms with Crippen LogP contribution in [0.2, 0.25) is 0 Å². The first-order chi connectivity index (χ1) is 9.61. The summed E-state index contributed by atoms with van der Waals surface area (Å²) in [6.45, 7) is 7.16. The molecule has 3 rings (SSSR count). The summed E-state index contributed by atoms with van der Waals surface area (Å²) < 4.78 is 11.2. The highest BCUT2D eigenvalue weighted by atomic mass is 16.5. The van der Waals surface area contributed by atoms with E-state index in [1.165, 1.54) is 23.3 Å². The quantitative estimate of drug-likeness (QED) is 0.810. The van der Waals surface area contributed by atoms with Crippen LogP contribution in [0, 0.1) is 5.92 Å². The topological polar surface area (TPSA) is 30.5 Å². The van der Waals surface area contributed by atoms with Crippen molar-refractivity contribution in [2.75, 3.05) is 26.8 Å². The number of hydrogen-bond acceptors (Lipinski definition) is 3. The Morgan fingerprint density at radius 3 is 3.05 bits per heavy atom. The van der Waals surface area contributed by atoms with Crippen molar-refractivity contribution in [2.45, 2.75) is 38.2 Å². The third-order valence-corrected chi connectivity index (χ3v) is 4.33. The van der Waals surface area contributed by atoms with Crippen LogP contribution in [-0.4, -0.2) is 32.4 Å². The van der Waals surface area contributed by atoms with Gasteiger partial charge in [0.05, 0.1) is 6.61 Å². The van der Waals surface area contributed by atoms with E-state index in [0.717, 1.165) is 32.0 Å². The zero-order valence-corrected chi connectivity index (χ0v) is 12.7. The summed E-state index contributed by atoms with van der Waals surface area (Å²) in [5.41, 5.74) is 2.76. The number of benzene rings is 1. The second-order valence-electron chi connectivity index (χ2n) is 6.67. The molecular weight excluding hydrogens is 250 g/mol. The summed E-state index contributed by atoms with van der Waals surface area (Å²) in [5.74, 6) is 2.60. The molecule has 2 atom stereocenters. The van der Waals surface area contributed by atoms with Crippen molar-refractivity contribution in [3.63, 3.8) is 0 Å². The van der Waals surface area contributed by atoms with Crippen LogP contribution >= 0.6 is 0 Å². The first-order valence-electron chi connectivity index (χ1n) is 7.61. The second kappa shape index (κ2) is 5.38. The molecule has 1 N–H and O–H groups in total. The molecule has 2 unspecified atom stereocenters. The summed E-state index contributed by atoms with van der Waals surface area (Å²) in [5, 5.41) is 3.47. The molecule has 110 valence electrons. The van der Waals surface area contributed by atoms with E-state index in [1.807, 2.05) is 0 Å². The lowest BCUT2D eigenvalue weighted by Gasteiger charge is -2.18. The van der Waals surface area contributed by atoms with Crippen LogP contribution in [-0.2, 0) is 11.2 Å². The molecule has 0 amide bonds. The van der Waals surface area contributed by atoms with Crippen molar-refractivity contribution in [1.29, 1.82) is 0 Å². The van der Waals surface area contributed by atoms with Gasteiger partial charge in [-0.3, -0.25) is 0 Å². The van der Waals surface area contributed by atoms with Crippen molar-refractivity contribution in [2.24, 2.45) is 5.92 Å². The molecule has 0 saturated heterocycles. The van der Waals surface area contributed by atoms with E-state index in [2.05, 4.69) is 37.4 Å². The van der Waals surface area contributed by atoms with Gasteiger partial charge in [-0.15, -0.1) is 0 Å². The molecule has 1 saturated carbocycles. The molecule has 0 spiro atoms. The maximum atomic E-state index is 6.18. The molecule has 1 aromatic rings. The zero-order chi connectivity index (χ0) is 14.2. The molecule has 0 aromatic heterocycles. The van der Waals surface area contributed by atoms with E-state index in [9.17, 15) is 0 Å². The summed E-state index contributed by atoms with van der Waals surface area (Å²) >= 11 is 0. The normalized spacial score (nSPS) is 26.1.